The number of nitrogens with two attached hydrogens (primary N) is 1. The lowest BCUT2D eigenvalue weighted by molar-refractivity contribution is -0.121. The molecule has 0 unspecified atom stereocenters. The number of hydrogen-bond donors (Lipinski definition) is 1. The normalized spacial score (nSPS) is 20.5. The van der Waals surface area contributed by atoms with Gasteiger partial charge in [-0.15, -0.1) is 0 Å². The minimum Gasteiger partial charge on any atom is -0.438 e. The largest absolute Gasteiger partial charge is 0.438 e. The van der Waals surface area contributed by atoms with Crippen molar-refractivity contribution in [3.8, 4) is 0 Å². The highest BCUT2D eigenvalue weighted by molar-refractivity contribution is 9.10. The quantitative estimate of drug-likeness (QED) is 0.659. The van der Waals surface area contributed by atoms with E-state index in [2.05, 4.69) is 22.9 Å². The molecule has 0 radical (unpaired) electrons. The van der Waals surface area contributed by atoms with Crippen LogP contribution >= 0.6 is 15.9 Å². The zero-order valence-electron chi connectivity index (χ0n) is 15.9. The summed E-state index contributed by atoms with van der Waals surface area (Å²) in [5.41, 5.74) is 6.53. The van der Waals surface area contributed by atoms with Gasteiger partial charge >= 0.3 is 6.09 Å². The van der Waals surface area contributed by atoms with Gasteiger partial charge in [-0.2, -0.15) is 0 Å². The van der Waals surface area contributed by atoms with E-state index in [0.29, 0.717) is 19.4 Å². The molecule has 0 aromatic heterocycles. The van der Waals surface area contributed by atoms with E-state index in [1.165, 1.54) is 0 Å². The van der Waals surface area contributed by atoms with Gasteiger partial charge in [0.15, 0.2) is 0 Å². The highest BCUT2D eigenvalue weighted by Crippen LogP contribution is 2.41. The van der Waals surface area contributed by atoms with E-state index in [-0.39, 0.29) is 18.6 Å². The molecule has 2 aromatic carbocycles. The van der Waals surface area contributed by atoms with Crippen LogP contribution in [0.15, 0.2) is 59.1 Å². The average molecular weight is 445 g/mol. The van der Waals surface area contributed by atoms with Crippen molar-refractivity contribution in [1.82, 2.24) is 4.90 Å². The van der Waals surface area contributed by atoms with Crippen LogP contribution in [0.4, 0.5) is 4.79 Å². The molecule has 148 valence electrons. The minimum atomic E-state index is -0.818. The third-order valence-corrected chi connectivity index (χ3v) is 5.90. The Morgan fingerprint density at radius 2 is 1.89 bits per heavy atom. The van der Waals surface area contributed by atoms with Crippen molar-refractivity contribution in [3.63, 3.8) is 0 Å². The number of nitrogens with zero attached hydrogens (tertiary/aromatic N) is 1. The lowest BCUT2D eigenvalue weighted by Crippen LogP contribution is -2.49. The van der Waals surface area contributed by atoms with Gasteiger partial charge in [-0.3, -0.25) is 4.79 Å². The number of benzene rings is 2. The molecular weight excluding hydrogens is 420 g/mol. The molecule has 1 aliphatic rings. The monoisotopic (exact) mass is 444 g/mol. The van der Waals surface area contributed by atoms with Gasteiger partial charge in [0.25, 0.3) is 0 Å². The van der Waals surface area contributed by atoms with Gasteiger partial charge in [0.1, 0.15) is 5.60 Å². The highest BCUT2D eigenvalue weighted by Gasteiger charge is 2.43. The molecule has 2 N–H and O–H groups in total. The molecule has 6 heteroatoms. The maximum atomic E-state index is 13.0. The first kappa shape index (κ1) is 20.4. The molecule has 1 fully saturated rings. The predicted molar refractivity (Wildman–Crippen MR) is 112 cm³/mol. The average Bonchev–Trinajstić information content (AvgIpc) is 2.70. The van der Waals surface area contributed by atoms with Crippen LogP contribution in [0, 0.1) is 0 Å². The number of rotatable bonds is 7. The smallest absolute Gasteiger partial charge is 0.411 e. The Morgan fingerprint density at radius 3 is 2.46 bits per heavy atom. The van der Waals surface area contributed by atoms with Gasteiger partial charge in [-0.25, -0.2) is 4.79 Å². The Kier molecular flexibility index (Phi) is 6.39. The molecule has 1 heterocycles. The molecule has 2 aromatic rings. The summed E-state index contributed by atoms with van der Waals surface area (Å²) in [6, 6.07) is 17.6. The summed E-state index contributed by atoms with van der Waals surface area (Å²) in [7, 11) is 0. The molecule has 1 aliphatic heterocycles. The van der Waals surface area contributed by atoms with Crippen LogP contribution in [0.2, 0.25) is 0 Å². The maximum Gasteiger partial charge on any atom is 0.411 e. The summed E-state index contributed by atoms with van der Waals surface area (Å²) in [6.45, 7) is 2.62. The summed E-state index contributed by atoms with van der Waals surface area (Å²) >= 11 is 3.45. The Bertz CT molecular complexity index is 825. The molecule has 28 heavy (non-hydrogen) atoms. The number of cyclic esters (lactones) is 1. The summed E-state index contributed by atoms with van der Waals surface area (Å²) in [5.74, 6) is -0.393. The van der Waals surface area contributed by atoms with Crippen LogP contribution in [0.5, 0.6) is 0 Å². The first-order valence-corrected chi connectivity index (χ1v) is 10.3. The number of carbonyl (C=O) groups excluding carboxylic acids is 2. The van der Waals surface area contributed by atoms with Crippen molar-refractivity contribution >= 4 is 27.9 Å². The molecule has 5 nitrogen and oxygen atoms in total. The predicted octanol–water partition coefficient (Wildman–Crippen LogP) is 4.90. The molecular formula is C22H25BrN2O3. The first-order chi connectivity index (χ1) is 13.4. The van der Waals surface area contributed by atoms with Crippen molar-refractivity contribution in [1.29, 1.82) is 0 Å². The molecule has 0 spiro atoms. The van der Waals surface area contributed by atoms with E-state index in [9.17, 15) is 9.59 Å². The zero-order chi connectivity index (χ0) is 20.1. The Balaban J connectivity index is 1.85. The summed E-state index contributed by atoms with van der Waals surface area (Å²) in [5, 5.41) is 0. The van der Waals surface area contributed by atoms with E-state index in [0.717, 1.165) is 22.0 Å². The van der Waals surface area contributed by atoms with Crippen LogP contribution in [0.1, 0.15) is 49.8 Å². The lowest BCUT2D eigenvalue weighted by atomic mass is 9.84. The van der Waals surface area contributed by atoms with Crippen LogP contribution in [0.3, 0.4) is 0 Å². The van der Waals surface area contributed by atoms with E-state index in [1.807, 2.05) is 54.6 Å². The standard InChI is InChI=1S/C22H25BrN2O3/c1-2-19(16-8-10-18(23)11-9-16)25-15-14-22(28-21(25)27,13-12-20(24)26)17-6-4-3-5-7-17/h3-11,19H,2,12-15H2,1H3,(H2,24,26)/t19-,22-/m0/s1. The van der Waals surface area contributed by atoms with Crippen molar-refractivity contribution < 1.29 is 14.3 Å². The number of halogens is 1. The van der Waals surface area contributed by atoms with Crippen LogP contribution in [0.25, 0.3) is 0 Å². The van der Waals surface area contributed by atoms with Gasteiger partial charge in [0.2, 0.25) is 5.91 Å². The second-order valence-corrected chi connectivity index (χ2v) is 8.03. The fourth-order valence-electron chi connectivity index (χ4n) is 3.86. The minimum absolute atomic E-state index is 0.0505. The Hall–Kier alpha value is -2.34. The van der Waals surface area contributed by atoms with Gasteiger partial charge in [-0.05, 0) is 29.7 Å². The number of primary amides is 1. The lowest BCUT2D eigenvalue weighted by Gasteiger charge is -2.44. The number of carbonyl (C=O) groups is 2. The summed E-state index contributed by atoms with van der Waals surface area (Å²) < 4.78 is 7.02. The fraction of sp³-hybridized carbons (Fsp3) is 0.364. The second kappa shape index (κ2) is 8.78. The zero-order valence-corrected chi connectivity index (χ0v) is 17.5. The summed E-state index contributed by atoms with van der Waals surface area (Å²) in [4.78, 5) is 26.2. The van der Waals surface area contributed by atoms with Gasteiger partial charge < -0.3 is 15.4 Å². The van der Waals surface area contributed by atoms with Crippen molar-refractivity contribution in [2.24, 2.45) is 5.73 Å². The van der Waals surface area contributed by atoms with E-state index in [4.69, 9.17) is 10.5 Å². The third kappa shape index (κ3) is 4.38. The first-order valence-electron chi connectivity index (χ1n) is 9.54. The number of hydrogen-bond acceptors (Lipinski definition) is 3. The van der Waals surface area contributed by atoms with Gasteiger partial charge in [0.05, 0.1) is 6.04 Å². The SMILES string of the molecule is CC[C@@H](c1ccc(Br)cc1)N1CC[C@@](CCC(N)=O)(c2ccccc2)OC1=O. The Labute approximate surface area is 174 Å². The van der Waals surface area contributed by atoms with Crippen molar-refractivity contribution in [2.45, 2.75) is 44.2 Å². The van der Waals surface area contributed by atoms with Gasteiger partial charge in [-0.1, -0.05) is 65.3 Å². The number of ether oxygens (including phenoxy) is 1. The van der Waals surface area contributed by atoms with Crippen molar-refractivity contribution in [2.75, 3.05) is 6.54 Å². The third-order valence-electron chi connectivity index (χ3n) is 5.37. The molecule has 2 amide bonds. The number of amides is 2. The van der Waals surface area contributed by atoms with E-state index < -0.39 is 11.5 Å². The highest BCUT2D eigenvalue weighted by atomic mass is 79.9. The molecule has 2 atom stereocenters. The Morgan fingerprint density at radius 1 is 1.21 bits per heavy atom. The van der Waals surface area contributed by atoms with Crippen molar-refractivity contribution in [3.05, 3.63) is 70.2 Å². The maximum absolute atomic E-state index is 13.0. The molecule has 0 bridgehead atoms. The summed E-state index contributed by atoms with van der Waals surface area (Å²) in [6.07, 6.45) is 1.61. The van der Waals surface area contributed by atoms with Crippen LogP contribution in [-0.4, -0.2) is 23.4 Å². The van der Waals surface area contributed by atoms with Crippen LogP contribution < -0.4 is 5.73 Å². The van der Waals surface area contributed by atoms with Gasteiger partial charge in [0, 0.05) is 30.3 Å². The van der Waals surface area contributed by atoms with E-state index in [1.54, 1.807) is 4.90 Å². The fourth-order valence-corrected chi connectivity index (χ4v) is 4.13. The second-order valence-electron chi connectivity index (χ2n) is 7.11. The molecule has 1 saturated heterocycles. The van der Waals surface area contributed by atoms with E-state index >= 15 is 0 Å². The molecule has 0 saturated carbocycles. The van der Waals surface area contributed by atoms with Crippen LogP contribution in [-0.2, 0) is 15.1 Å². The topological polar surface area (TPSA) is 72.6 Å². The molecule has 0 aliphatic carbocycles. The molecule has 3 rings (SSSR count).